The van der Waals surface area contributed by atoms with Crippen LogP contribution in [-0.4, -0.2) is 42.2 Å². The fourth-order valence-corrected chi connectivity index (χ4v) is 1.71. The first-order valence-corrected chi connectivity index (χ1v) is 6.27. The van der Waals surface area contributed by atoms with Crippen LogP contribution in [0, 0.1) is 6.92 Å². The van der Waals surface area contributed by atoms with E-state index < -0.39 is 5.97 Å². The molecule has 1 N–H and O–H groups in total. The maximum absolute atomic E-state index is 10.9. The third kappa shape index (κ3) is 4.04. The summed E-state index contributed by atoms with van der Waals surface area (Å²) in [4.78, 5) is 13.1. The number of carboxylic acid groups (broad SMARTS) is 1. The normalized spacial score (nSPS) is 10.7. The summed E-state index contributed by atoms with van der Waals surface area (Å²) in [6.07, 6.45) is 0. The molecule has 0 spiro atoms. The van der Waals surface area contributed by atoms with Gasteiger partial charge >= 0.3 is 5.97 Å². The van der Waals surface area contributed by atoms with E-state index >= 15 is 0 Å². The predicted molar refractivity (Wildman–Crippen MR) is 71.4 cm³/mol. The van der Waals surface area contributed by atoms with Gasteiger partial charge in [0.2, 0.25) is 0 Å². The molecule has 4 heteroatoms. The van der Waals surface area contributed by atoms with Crippen molar-refractivity contribution in [1.29, 1.82) is 0 Å². The lowest BCUT2D eigenvalue weighted by atomic mass is 10.1. The summed E-state index contributed by atoms with van der Waals surface area (Å²) in [7, 11) is 0. The van der Waals surface area contributed by atoms with E-state index in [1.807, 2.05) is 6.92 Å². The van der Waals surface area contributed by atoms with Crippen LogP contribution in [0.25, 0.3) is 0 Å². The molecule has 1 rings (SSSR count). The quantitative estimate of drug-likeness (QED) is 0.808. The van der Waals surface area contributed by atoms with Crippen LogP contribution in [0.2, 0.25) is 0 Å². The summed E-state index contributed by atoms with van der Waals surface area (Å²) < 4.78 is 5.66. The van der Waals surface area contributed by atoms with Crippen molar-refractivity contribution in [3.8, 4) is 5.75 Å². The second kappa shape index (κ2) is 7.01. The van der Waals surface area contributed by atoms with Gasteiger partial charge in [0, 0.05) is 6.54 Å². The van der Waals surface area contributed by atoms with Gasteiger partial charge in [-0.2, -0.15) is 0 Å². The maximum atomic E-state index is 10.9. The standard InChI is InChI=1S/C14H21NO3/c1-4-15(5-2)8-9-18-13-10-12(14(16)17)7-6-11(13)3/h6-7,10H,4-5,8-9H2,1-3H3,(H,16,17). The van der Waals surface area contributed by atoms with E-state index in [-0.39, 0.29) is 5.56 Å². The summed E-state index contributed by atoms with van der Waals surface area (Å²) in [6.45, 7) is 9.55. The van der Waals surface area contributed by atoms with Gasteiger partial charge in [0.15, 0.2) is 0 Å². The SMILES string of the molecule is CCN(CC)CCOc1cc(C(=O)O)ccc1C. The molecule has 0 saturated heterocycles. The number of likely N-dealkylation sites (N-methyl/N-ethyl adjacent to an activating group) is 1. The molecule has 1 aromatic rings. The molecule has 0 saturated carbocycles. The number of aryl methyl sites for hydroxylation is 1. The lowest BCUT2D eigenvalue weighted by Gasteiger charge is -2.18. The van der Waals surface area contributed by atoms with Crippen molar-refractivity contribution < 1.29 is 14.6 Å². The van der Waals surface area contributed by atoms with E-state index in [2.05, 4.69) is 18.7 Å². The first-order chi connectivity index (χ1) is 8.58. The number of ether oxygens (including phenoxy) is 1. The molecular formula is C14H21NO3. The average Bonchev–Trinajstić information content (AvgIpc) is 2.36. The van der Waals surface area contributed by atoms with Crippen molar-refractivity contribution in [3.05, 3.63) is 29.3 Å². The van der Waals surface area contributed by atoms with Crippen molar-refractivity contribution in [3.63, 3.8) is 0 Å². The number of aromatic carboxylic acids is 1. The largest absolute Gasteiger partial charge is 0.492 e. The molecule has 18 heavy (non-hydrogen) atoms. The highest BCUT2D eigenvalue weighted by atomic mass is 16.5. The second-order valence-electron chi connectivity index (χ2n) is 4.16. The molecule has 100 valence electrons. The lowest BCUT2D eigenvalue weighted by Crippen LogP contribution is -2.28. The van der Waals surface area contributed by atoms with Gasteiger partial charge in [-0.15, -0.1) is 0 Å². The van der Waals surface area contributed by atoms with Crippen LogP contribution >= 0.6 is 0 Å². The van der Waals surface area contributed by atoms with Gasteiger partial charge in [0.05, 0.1) is 5.56 Å². The van der Waals surface area contributed by atoms with E-state index in [4.69, 9.17) is 9.84 Å². The first kappa shape index (κ1) is 14.5. The minimum Gasteiger partial charge on any atom is -0.492 e. The van der Waals surface area contributed by atoms with Gasteiger partial charge in [-0.1, -0.05) is 19.9 Å². The Labute approximate surface area is 108 Å². The minimum atomic E-state index is -0.927. The van der Waals surface area contributed by atoms with Crippen LogP contribution in [0.3, 0.4) is 0 Å². The zero-order valence-electron chi connectivity index (χ0n) is 11.3. The van der Waals surface area contributed by atoms with Crippen molar-refractivity contribution in [2.24, 2.45) is 0 Å². The fraction of sp³-hybridized carbons (Fsp3) is 0.500. The molecule has 0 unspecified atom stereocenters. The molecule has 0 heterocycles. The number of carbonyl (C=O) groups is 1. The number of nitrogens with zero attached hydrogens (tertiary/aromatic N) is 1. The monoisotopic (exact) mass is 251 g/mol. The second-order valence-corrected chi connectivity index (χ2v) is 4.16. The summed E-state index contributed by atoms with van der Waals surface area (Å²) in [6, 6.07) is 4.95. The smallest absolute Gasteiger partial charge is 0.335 e. The average molecular weight is 251 g/mol. The predicted octanol–water partition coefficient (Wildman–Crippen LogP) is 2.41. The number of benzene rings is 1. The minimum absolute atomic E-state index is 0.262. The van der Waals surface area contributed by atoms with E-state index in [1.165, 1.54) is 0 Å². The molecular weight excluding hydrogens is 230 g/mol. The van der Waals surface area contributed by atoms with Gasteiger partial charge in [-0.05, 0) is 37.7 Å². The molecule has 4 nitrogen and oxygen atoms in total. The van der Waals surface area contributed by atoms with Crippen LogP contribution in [-0.2, 0) is 0 Å². The number of hydrogen-bond acceptors (Lipinski definition) is 3. The Morgan fingerprint density at radius 1 is 1.33 bits per heavy atom. The molecule has 0 fully saturated rings. The van der Waals surface area contributed by atoms with Crippen LogP contribution in [0.1, 0.15) is 29.8 Å². The molecule has 0 aliphatic heterocycles. The van der Waals surface area contributed by atoms with E-state index in [1.54, 1.807) is 18.2 Å². The Hall–Kier alpha value is -1.55. The molecule has 0 amide bonds. The Morgan fingerprint density at radius 2 is 2.00 bits per heavy atom. The maximum Gasteiger partial charge on any atom is 0.335 e. The van der Waals surface area contributed by atoms with Crippen LogP contribution in [0.5, 0.6) is 5.75 Å². The van der Waals surface area contributed by atoms with Gasteiger partial charge in [0.25, 0.3) is 0 Å². The summed E-state index contributed by atoms with van der Waals surface area (Å²) in [5, 5.41) is 8.93. The third-order valence-electron chi connectivity index (χ3n) is 2.99. The van der Waals surface area contributed by atoms with Gasteiger partial charge in [0.1, 0.15) is 12.4 Å². The number of hydrogen-bond donors (Lipinski definition) is 1. The summed E-state index contributed by atoms with van der Waals surface area (Å²) in [5.41, 5.74) is 1.22. The van der Waals surface area contributed by atoms with Gasteiger partial charge in [-0.25, -0.2) is 4.79 Å². The van der Waals surface area contributed by atoms with Crippen molar-refractivity contribution >= 4 is 5.97 Å². The van der Waals surface area contributed by atoms with Crippen LogP contribution < -0.4 is 4.74 Å². The van der Waals surface area contributed by atoms with Crippen molar-refractivity contribution in [1.82, 2.24) is 4.90 Å². The van der Waals surface area contributed by atoms with Gasteiger partial charge < -0.3 is 14.7 Å². The molecule has 1 aromatic carbocycles. The van der Waals surface area contributed by atoms with E-state index in [9.17, 15) is 4.79 Å². The third-order valence-corrected chi connectivity index (χ3v) is 2.99. The van der Waals surface area contributed by atoms with E-state index in [0.717, 1.165) is 25.2 Å². The fourth-order valence-electron chi connectivity index (χ4n) is 1.71. The highest BCUT2D eigenvalue weighted by Crippen LogP contribution is 2.19. The molecule has 0 aliphatic carbocycles. The molecule has 0 aliphatic rings. The van der Waals surface area contributed by atoms with Crippen LogP contribution in [0.4, 0.5) is 0 Å². The van der Waals surface area contributed by atoms with Crippen molar-refractivity contribution in [2.45, 2.75) is 20.8 Å². The highest BCUT2D eigenvalue weighted by molar-refractivity contribution is 5.88. The molecule has 0 aromatic heterocycles. The molecule has 0 bridgehead atoms. The Balaban J connectivity index is 2.61. The molecule has 0 radical (unpaired) electrons. The topological polar surface area (TPSA) is 49.8 Å². The zero-order chi connectivity index (χ0) is 13.5. The zero-order valence-corrected chi connectivity index (χ0v) is 11.3. The number of rotatable bonds is 7. The summed E-state index contributed by atoms with van der Waals surface area (Å²) >= 11 is 0. The van der Waals surface area contributed by atoms with Crippen molar-refractivity contribution in [2.75, 3.05) is 26.2 Å². The Kier molecular flexibility index (Phi) is 5.65. The van der Waals surface area contributed by atoms with E-state index in [0.29, 0.717) is 12.4 Å². The highest BCUT2D eigenvalue weighted by Gasteiger charge is 2.07. The molecule has 0 atom stereocenters. The van der Waals surface area contributed by atoms with Crippen LogP contribution in [0.15, 0.2) is 18.2 Å². The lowest BCUT2D eigenvalue weighted by molar-refractivity contribution is 0.0696. The summed E-state index contributed by atoms with van der Waals surface area (Å²) in [5.74, 6) is -0.273. The first-order valence-electron chi connectivity index (χ1n) is 6.27. The Bertz CT molecular complexity index is 400. The number of carboxylic acids is 1. The Morgan fingerprint density at radius 3 is 2.56 bits per heavy atom. The van der Waals surface area contributed by atoms with Gasteiger partial charge in [-0.3, -0.25) is 0 Å².